The van der Waals surface area contributed by atoms with Gasteiger partial charge in [-0.3, -0.25) is 4.79 Å². The smallest absolute Gasteiger partial charge is 0.320 e. The summed E-state index contributed by atoms with van der Waals surface area (Å²) in [6.07, 6.45) is 3.65. The van der Waals surface area contributed by atoms with Gasteiger partial charge < -0.3 is 19.3 Å². The molecule has 1 aromatic carbocycles. The Kier molecular flexibility index (Phi) is 5.02. The Bertz CT molecular complexity index is 939. The van der Waals surface area contributed by atoms with E-state index in [1.54, 1.807) is 23.9 Å². The summed E-state index contributed by atoms with van der Waals surface area (Å²) >= 11 is 0. The standard InChI is InChI=1S/C21H24F2N4O2/c1-24(2)21(29)27(15-6-7-15)13-19(28)26-11-10-25-9-3-4-18(25)20(26)16-8-5-14(22)12-17(16)23/h3-5,8-9,12,15,20H,6-7,10-11,13H2,1-2H3/t20-/m0/s1. The quantitative estimate of drug-likeness (QED) is 0.790. The number of rotatable bonds is 4. The number of urea groups is 1. The minimum Gasteiger partial charge on any atom is -0.348 e. The van der Waals surface area contributed by atoms with Crippen LogP contribution in [0.25, 0.3) is 0 Å². The van der Waals surface area contributed by atoms with E-state index >= 15 is 0 Å². The fourth-order valence-electron chi connectivity index (χ4n) is 3.94. The van der Waals surface area contributed by atoms with Crippen LogP contribution < -0.4 is 0 Å². The van der Waals surface area contributed by atoms with Crippen LogP contribution in [0.15, 0.2) is 36.5 Å². The maximum Gasteiger partial charge on any atom is 0.320 e. The summed E-state index contributed by atoms with van der Waals surface area (Å²) in [7, 11) is 3.32. The van der Waals surface area contributed by atoms with Crippen molar-refractivity contribution in [1.29, 1.82) is 0 Å². The largest absolute Gasteiger partial charge is 0.348 e. The van der Waals surface area contributed by atoms with Gasteiger partial charge in [0.1, 0.15) is 24.2 Å². The summed E-state index contributed by atoms with van der Waals surface area (Å²) in [6, 6.07) is 6.33. The second-order valence-electron chi connectivity index (χ2n) is 7.82. The molecule has 0 saturated heterocycles. The van der Waals surface area contributed by atoms with E-state index in [1.807, 2.05) is 22.9 Å². The molecule has 1 saturated carbocycles. The number of fused-ring (bicyclic) bond motifs is 1. The molecule has 2 heterocycles. The zero-order valence-electron chi connectivity index (χ0n) is 16.5. The van der Waals surface area contributed by atoms with Crippen molar-refractivity contribution in [3.05, 3.63) is 59.4 Å². The summed E-state index contributed by atoms with van der Waals surface area (Å²) in [5.74, 6) is -1.59. The number of carbonyl (C=O) groups excluding carboxylic acids is 2. The number of carbonyl (C=O) groups is 2. The molecular weight excluding hydrogens is 378 g/mol. The molecule has 1 aliphatic carbocycles. The van der Waals surface area contributed by atoms with Crippen LogP contribution in [0.3, 0.4) is 0 Å². The molecule has 2 aliphatic rings. The molecule has 2 aromatic rings. The van der Waals surface area contributed by atoms with E-state index in [0.29, 0.717) is 13.1 Å². The third kappa shape index (κ3) is 3.71. The number of hydrogen-bond donors (Lipinski definition) is 0. The van der Waals surface area contributed by atoms with E-state index in [0.717, 1.165) is 24.6 Å². The van der Waals surface area contributed by atoms with Gasteiger partial charge in [0, 0.05) is 56.7 Å². The summed E-state index contributed by atoms with van der Waals surface area (Å²) in [4.78, 5) is 30.4. The molecule has 1 aromatic heterocycles. The number of nitrogens with zero attached hydrogens (tertiary/aromatic N) is 4. The maximum atomic E-state index is 14.6. The van der Waals surface area contributed by atoms with Crippen LogP contribution in [-0.4, -0.2) is 64.4 Å². The molecule has 3 amide bonds. The molecule has 0 unspecified atom stereocenters. The number of hydrogen-bond acceptors (Lipinski definition) is 2. The van der Waals surface area contributed by atoms with Gasteiger partial charge in [0.15, 0.2) is 0 Å². The Labute approximate surface area is 168 Å². The molecule has 154 valence electrons. The summed E-state index contributed by atoms with van der Waals surface area (Å²) in [5, 5.41) is 0. The molecule has 0 spiro atoms. The Balaban J connectivity index is 1.66. The van der Waals surface area contributed by atoms with Crippen LogP contribution in [-0.2, 0) is 11.3 Å². The van der Waals surface area contributed by atoms with Crippen LogP contribution in [0.1, 0.15) is 30.1 Å². The molecule has 1 aliphatic heterocycles. The highest BCUT2D eigenvalue weighted by Crippen LogP contribution is 2.35. The van der Waals surface area contributed by atoms with E-state index in [-0.39, 0.29) is 30.1 Å². The molecule has 1 fully saturated rings. The van der Waals surface area contributed by atoms with Gasteiger partial charge in [-0.05, 0) is 31.0 Å². The average Bonchev–Trinajstić information content (AvgIpc) is 3.41. The fourth-order valence-corrected chi connectivity index (χ4v) is 3.94. The van der Waals surface area contributed by atoms with Gasteiger partial charge in [0.2, 0.25) is 5.91 Å². The maximum absolute atomic E-state index is 14.6. The van der Waals surface area contributed by atoms with Crippen molar-refractivity contribution in [2.24, 2.45) is 0 Å². The fraction of sp³-hybridized carbons (Fsp3) is 0.429. The van der Waals surface area contributed by atoms with Gasteiger partial charge in [0.05, 0.1) is 0 Å². The van der Waals surface area contributed by atoms with Crippen molar-refractivity contribution < 1.29 is 18.4 Å². The predicted octanol–water partition coefficient (Wildman–Crippen LogP) is 2.84. The minimum atomic E-state index is -0.689. The minimum absolute atomic E-state index is 0.0539. The first kappa shape index (κ1) is 19.4. The van der Waals surface area contributed by atoms with E-state index in [4.69, 9.17) is 0 Å². The van der Waals surface area contributed by atoms with E-state index in [2.05, 4.69) is 0 Å². The molecule has 0 radical (unpaired) electrons. The third-order valence-corrected chi connectivity index (χ3v) is 5.54. The van der Waals surface area contributed by atoms with Crippen molar-refractivity contribution in [1.82, 2.24) is 19.3 Å². The molecule has 4 rings (SSSR count). The van der Waals surface area contributed by atoms with Crippen molar-refractivity contribution in [2.75, 3.05) is 27.2 Å². The first-order valence-corrected chi connectivity index (χ1v) is 9.74. The first-order chi connectivity index (χ1) is 13.9. The zero-order valence-corrected chi connectivity index (χ0v) is 16.5. The summed E-state index contributed by atoms with van der Waals surface area (Å²) in [5.41, 5.74) is 1.02. The Hall–Kier alpha value is -2.90. The van der Waals surface area contributed by atoms with Crippen molar-refractivity contribution in [3.63, 3.8) is 0 Å². The predicted molar refractivity (Wildman–Crippen MR) is 103 cm³/mol. The Morgan fingerprint density at radius 1 is 1.14 bits per heavy atom. The number of aromatic nitrogens is 1. The average molecular weight is 402 g/mol. The number of benzene rings is 1. The van der Waals surface area contributed by atoms with Gasteiger partial charge in [0.25, 0.3) is 0 Å². The topological polar surface area (TPSA) is 48.8 Å². The van der Waals surface area contributed by atoms with Crippen molar-refractivity contribution in [2.45, 2.75) is 31.5 Å². The van der Waals surface area contributed by atoms with E-state index < -0.39 is 17.7 Å². The normalized spacial score (nSPS) is 18.3. The Morgan fingerprint density at radius 3 is 2.55 bits per heavy atom. The van der Waals surface area contributed by atoms with Crippen LogP contribution in [0.4, 0.5) is 13.6 Å². The zero-order chi connectivity index (χ0) is 20.7. The first-order valence-electron chi connectivity index (χ1n) is 9.74. The Morgan fingerprint density at radius 2 is 1.90 bits per heavy atom. The van der Waals surface area contributed by atoms with Gasteiger partial charge >= 0.3 is 6.03 Å². The van der Waals surface area contributed by atoms with Gasteiger partial charge in [-0.25, -0.2) is 13.6 Å². The number of amides is 3. The highest BCUT2D eigenvalue weighted by atomic mass is 19.1. The molecule has 29 heavy (non-hydrogen) atoms. The van der Waals surface area contributed by atoms with Crippen LogP contribution >= 0.6 is 0 Å². The molecule has 1 atom stereocenters. The van der Waals surface area contributed by atoms with Crippen LogP contribution in [0.2, 0.25) is 0 Å². The van der Waals surface area contributed by atoms with E-state index in [1.165, 1.54) is 17.0 Å². The second-order valence-corrected chi connectivity index (χ2v) is 7.82. The molecule has 6 nitrogen and oxygen atoms in total. The summed E-state index contributed by atoms with van der Waals surface area (Å²) < 4.78 is 30.1. The summed E-state index contributed by atoms with van der Waals surface area (Å²) in [6.45, 7) is 0.913. The highest BCUT2D eigenvalue weighted by molar-refractivity contribution is 5.85. The lowest BCUT2D eigenvalue weighted by atomic mass is 9.99. The van der Waals surface area contributed by atoms with Crippen LogP contribution in [0.5, 0.6) is 0 Å². The monoisotopic (exact) mass is 402 g/mol. The lowest BCUT2D eigenvalue weighted by Crippen LogP contribution is -2.50. The van der Waals surface area contributed by atoms with Gasteiger partial charge in [-0.1, -0.05) is 6.07 Å². The lowest BCUT2D eigenvalue weighted by Gasteiger charge is -2.38. The molecular formula is C21H24F2N4O2. The van der Waals surface area contributed by atoms with Gasteiger partial charge in [-0.15, -0.1) is 0 Å². The third-order valence-electron chi connectivity index (χ3n) is 5.54. The van der Waals surface area contributed by atoms with E-state index in [9.17, 15) is 18.4 Å². The molecule has 0 N–H and O–H groups in total. The molecule has 0 bridgehead atoms. The number of halogens is 2. The van der Waals surface area contributed by atoms with Crippen LogP contribution in [0, 0.1) is 11.6 Å². The molecule has 8 heteroatoms. The van der Waals surface area contributed by atoms with Gasteiger partial charge in [-0.2, -0.15) is 0 Å². The lowest BCUT2D eigenvalue weighted by molar-refractivity contribution is -0.134. The second kappa shape index (κ2) is 7.50. The SMILES string of the molecule is CN(C)C(=O)N(CC(=O)N1CCn2cccc2[C@@H]1c1ccc(F)cc1F)C1CC1. The highest BCUT2D eigenvalue weighted by Gasteiger charge is 2.39. The van der Waals surface area contributed by atoms with Crippen molar-refractivity contribution in [3.8, 4) is 0 Å². The van der Waals surface area contributed by atoms with Crippen molar-refractivity contribution >= 4 is 11.9 Å².